The van der Waals surface area contributed by atoms with E-state index in [-0.39, 0.29) is 18.7 Å². The molecule has 0 N–H and O–H groups in total. The zero-order chi connectivity index (χ0) is 20.1. The highest BCUT2D eigenvalue weighted by Crippen LogP contribution is 2.33. The molecule has 1 aromatic carbocycles. The van der Waals surface area contributed by atoms with Gasteiger partial charge in [-0.1, -0.05) is 28.5 Å². The van der Waals surface area contributed by atoms with Gasteiger partial charge in [0.05, 0.1) is 13.5 Å². The molecule has 146 valence electrons. The van der Waals surface area contributed by atoms with Crippen molar-refractivity contribution in [2.45, 2.75) is 25.7 Å². The van der Waals surface area contributed by atoms with Gasteiger partial charge in [0.25, 0.3) is 0 Å². The normalized spacial score (nSPS) is 11.8. The molecule has 2 aromatic heterocycles. The molecule has 8 nitrogen and oxygen atoms in total. The summed E-state index contributed by atoms with van der Waals surface area (Å²) >= 11 is 0. The van der Waals surface area contributed by atoms with E-state index < -0.39 is 11.9 Å². The van der Waals surface area contributed by atoms with Gasteiger partial charge in [0.15, 0.2) is 0 Å². The molecule has 0 aliphatic rings. The number of hydrogen-bond acceptors (Lipinski definition) is 7. The second kappa shape index (κ2) is 8.51. The summed E-state index contributed by atoms with van der Waals surface area (Å²) in [7, 11) is 3.01. The summed E-state index contributed by atoms with van der Waals surface area (Å²) < 4.78 is 15.2. The highest BCUT2D eigenvalue weighted by atomic mass is 16.5. The van der Waals surface area contributed by atoms with Crippen LogP contribution in [0.4, 0.5) is 5.69 Å². The fourth-order valence-electron chi connectivity index (χ4n) is 2.99. The van der Waals surface area contributed by atoms with Crippen LogP contribution < -0.4 is 4.90 Å². The topological polar surface area (TPSA) is 98.7 Å². The Bertz CT molecular complexity index is 934. The van der Waals surface area contributed by atoms with Gasteiger partial charge >= 0.3 is 5.97 Å². The SMILES string of the molecule is COC(=O)C[C@H](CC(=O)N(C)c1ccccc1)c1onc(-c2ccon2)c1C. The van der Waals surface area contributed by atoms with E-state index in [0.29, 0.717) is 22.7 Å². The van der Waals surface area contributed by atoms with Crippen molar-refractivity contribution in [3.05, 3.63) is 54.0 Å². The first kappa shape index (κ1) is 19.3. The van der Waals surface area contributed by atoms with Crippen LogP contribution in [-0.2, 0) is 14.3 Å². The zero-order valence-corrected chi connectivity index (χ0v) is 15.9. The Hall–Kier alpha value is -3.42. The van der Waals surface area contributed by atoms with E-state index in [2.05, 4.69) is 10.3 Å². The number of aromatic nitrogens is 2. The largest absolute Gasteiger partial charge is 0.469 e. The summed E-state index contributed by atoms with van der Waals surface area (Å²) in [6.07, 6.45) is 1.50. The Morgan fingerprint density at radius 1 is 1.14 bits per heavy atom. The Labute approximate surface area is 162 Å². The molecule has 3 rings (SSSR count). The molecule has 0 saturated heterocycles. The van der Waals surface area contributed by atoms with Crippen LogP contribution in [-0.4, -0.2) is 36.3 Å². The Morgan fingerprint density at radius 3 is 2.54 bits per heavy atom. The van der Waals surface area contributed by atoms with Crippen molar-refractivity contribution in [1.29, 1.82) is 0 Å². The van der Waals surface area contributed by atoms with Crippen LogP contribution in [0.2, 0.25) is 0 Å². The molecule has 1 amide bonds. The van der Waals surface area contributed by atoms with Crippen LogP contribution in [0.15, 0.2) is 51.7 Å². The maximum Gasteiger partial charge on any atom is 0.306 e. The number of carbonyl (C=O) groups is 2. The van der Waals surface area contributed by atoms with Crippen molar-refractivity contribution >= 4 is 17.6 Å². The summed E-state index contributed by atoms with van der Waals surface area (Å²) in [6, 6.07) is 10.9. The molecule has 0 spiro atoms. The minimum Gasteiger partial charge on any atom is -0.469 e. The number of nitrogens with zero attached hydrogens (tertiary/aromatic N) is 3. The van der Waals surface area contributed by atoms with Gasteiger partial charge in [-0.05, 0) is 19.1 Å². The first-order valence-electron chi connectivity index (χ1n) is 8.76. The number of amides is 1. The smallest absolute Gasteiger partial charge is 0.306 e. The minimum atomic E-state index is -0.515. The predicted octanol–water partition coefficient (Wildman–Crippen LogP) is 3.34. The van der Waals surface area contributed by atoms with Crippen LogP contribution in [0.25, 0.3) is 11.4 Å². The molecule has 0 unspecified atom stereocenters. The van der Waals surface area contributed by atoms with Crippen molar-refractivity contribution in [2.24, 2.45) is 0 Å². The van der Waals surface area contributed by atoms with Crippen LogP contribution in [0, 0.1) is 6.92 Å². The number of esters is 1. The van der Waals surface area contributed by atoms with Gasteiger partial charge in [0.1, 0.15) is 23.4 Å². The molecular weight excluding hydrogens is 362 g/mol. The third-order valence-electron chi connectivity index (χ3n) is 4.59. The molecule has 1 atom stereocenters. The van der Waals surface area contributed by atoms with E-state index in [9.17, 15) is 9.59 Å². The lowest BCUT2D eigenvalue weighted by Gasteiger charge is -2.20. The monoisotopic (exact) mass is 383 g/mol. The van der Waals surface area contributed by atoms with Crippen molar-refractivity contribution in [3.63, 3.8) is 0 Å². The number of hydrogen-bond donors (Lipinski definition) is 0. The molecule has 0 aliphatic carbocycles. The highest BCUT2D eigenvalue weighted by Gasteiger charge is 2.29. The summed E-state index contributed by atoms with van der Waals surface area (Å²) in [5, 5.41) is 7.91. The second-order valence-electron chi connectivity index (χ2n) is 6.37. The maximum atomic E-state index is 12.8. The first-order valence-corrected chi connectivity index (χ1v) is 8.76. The number of para-hydroxylation sites is 1. The van der Waals surface area contributed by atoms with E-state index in [0.717, 1.165) is 5.69 Å². The van der Waals surface area contributed by atoms with Crippen LogP contribution >= 0.6 is 0 Å². The van der Waals surface area contributed by atoms with E-state index in [1.54, 1.807) is 18.0 Å². The fourth-order valence-corrected chi connectivity index (χ4v) is 2.99. The van der Waals surface area contributed by atoms with Crippen LogP contribution in [0.3, 0.4) is 0 Å². The number of rotatable bonds is 7. The molecule has 0 saturated carbocycles. The first-order chi connectivity index (χ1) is 13.5. The quantitative estimate of drug-likeness (QED) is 0.577. The third kappa shape index (κ3) is 4.11. The number of anilines is 1. The van der Waals surface area contributed by atoms with E-state index in [4.69, 9.17) is 13.8 Å². The summed E-state index contributed by atoms with van der Waals surface area (Å²) in [5.41, 5.74) is 2.51. The van der Waals surface area contributed by atoms with Crippen LogP contribution in [0.1, 0.15) is 30.1 Å². The van der Waals surface area contributed by atoms with Crippen molar-refractivity contribution < 1.29 is 23.4 Å². The minimum absolute atomic E-state index is 0.000835. The molecule has 0 fully saturated rings. The van der Waals surface area contributed by atoms with E-state index in [1.165, 1.54) is 13.4 Å². The molecular formula is C20H21N3O5. The summed E-state index contributed by atoms with van der Waals surface area (Å²) in [5.74, 6) is -0.643. The van der Waals surface area contributed by atoms with Crippen LogP contribution in [0.5, 0.6) is 0 Å². The standard InChI is InChI=1S/C20H21N3O5/c1-13-19(16-9-10-27-21-16)22-28-20(13)14(12-18(25)26-3)11-17(24)23(2)15-7-5-4-6-8-15/h4-10,14H,11-12H2,1-3H3/t14-/m0/s1. The molecule has 3 aromatic rings. The van der Waals surface area contributed by atoms with E-state index >= 15 is 0 Å². The van der Waals surface area contributed by atoms with Gasteiger partial charge in [-0.2, -0.15) is 0 Å². The number of methoxy groups -OCH3 is 1. The van der Waals surface area contributed by atoms with Crippen molar-refractivity contribution in [3.8, 4) is 11.4 Å². The Kier molecular flexibility index (Phi) is 5.88. The third-order valence-corrected chi connectivity index (χ3v) is 4.59. The van der Waals surface area contributed by atoms with Crippen molar-refractivity contribution in [2.75, 3.05) is 19.1 Å². The average Bonchev–Trinajstić information content (AvgIpc) is 3.36. The van der Waals surface area contributed by atoms with Gasteiger partial charge in [-0.25, -0.2) is 0 Å². The zero-order valence-electron chi connectivity index (χ0n) is 15.9. The molecule has 28 heavy (non-hydrogen) atoms. The van der Waals surface area contributed by atoms with Gasteiger partial charge in [0.2, 0.25) is 5.91 Å². The van der Waals surface area contributed by atoms with Crippen molar-refractivity contribution in [1.82, 2.24) is 10.3 Å². The average molecular weight is 383 g/mol. The predicted molar refractivity (Wildman–Crippen MR) is 101 cm³/mol. The molecule has 2 heterocycles. The number of carbonyl (C=O) groups excluding carboxylic acids is 2. The summed E-state index contributed by atoms with van der Waals surface area (Å²) in [4.78, 5) is 26.3. The lowest BCUT2D eigenvalue weighted by atomic mass is 9.94. The van der Waals surface area contributed by atoms with Gasteiger partial charge in [-0.15, -0.1) is 0 Å². The number of benzene rings is 1. The molecule has 0 bridgehead atoms. The lowest BCUT2D eigenvalue weighted by Crippen LogP contribution is -2.28. The lowest BCUT2D eigenvalue weighted by molar-refractivity contribution is -0.141. The van der Waals surface area contributed by atoms with E-state index in [1.807, 2.05) is 37.3 Å². The van der Waals surface area contributed by atoms with Gasteiger partial charge in [0, 0.05) is 36.7 Å². The molecule has 0 radical (unpaired) electrons. The molecule has 0 aliphatic heterocycles. The van der Waals surface area contributed by atoms with Gasteiger partial charge < -0.3 is 18.7 Å². The fraction of sp³-hybridized carbons (Fsp3) is 0.300. The Morgan fingerprint density at radius 2 is 1.89 bits per heavy atom. The Balaban J connectivity index is 1.85. The molecule has 8 heteroatoms. The van der Waals surface area contributed by atoms with Gasteiger partial charge in [-0.3, -0.25) is 9.59 Å². The highest BCUT2D eigenvalue weighted by molar-refractivity contribution is 5.93. The summed E-state index contributed by atoms with van der Waals surface area (Å²) in [6.45, 7) is 1.81. The maximum absolute atomic E-state index is 12.8. The second-order valence-corrected chi connectivity index (χ2v) is 6.37. The number of ether oxygens (including phenoxy) is 1.